The van der Waals surface area contributed by atoms with Gasteiger partial charge in [-0.3, -0.25) is 4.79 Å². The van der Waals surface area contributed by atoms with Crippen molar-refractivity contribution >= 4 is 23.4 Å². The molecule has 0 saturated heterocycles. The first-order valence-electron chi connectivity index (χ1n) is 6.42. The summed E-state index contributed by atoms with van der Waals surface area (Å²) in [6.45, 7) is 3.02. The number of nitrogens with two attached hydrogens (primary N) is 1. The lowest BCUT2D eigenvalue weighted by Crippen LogP contribution is -2.26. The van der Waals surface area contributed by atoms with Crippen LogP contribution in [0.3, 0.4) is 0 Å². The number of methoxy groups -OCH3 is 1. The van der Waals surface area contributed by atoms with E-state index in [1.54, 1.807) is 0 Å². The number of hydrogen-bond donors (Lipinski definition) is 3. The van der Waals surface area contributed by atoms with Gasteiger partial charge in [0.1, 0.15) is 11.4 Å². The Bertz CT molecular complexity index is 477. The first-order valence-corrected chi connectivity index (χ1v) is 6.42. The van der Waals surface area contributed by atoms with Crippen molar-refractivity contribution in [1.29, 1.82) is 0 Å². The molecule has 7 heteroatoms. The van der Waals surface area contributed by atoms with Gasteiger partial charge in [0.25, 0.3) is 0 Å². The van der Waals surface area contributed by atoms with E-state index >= 15 is 0 Å². The minimum absolute atomic E-state index is 0.0468. The maximum absolute atomic E-state index is 11.6. The average Bonchev–Trinajstić information content (AvgIpc) is 2.45. The van der Waals surface area contributed by atoms with Crippen LogP contribution in [0.4, 0.5) is 11.5 Å². The van der Waals surface area contributed by atoms with E-state index in [9.17, 15) is 9.59 Å². The standard InChI is InChI=1S/C13H20N4O3/c1-3-5-15-11(18)4-6-16-12-10(13(19)20-2)7-9(14)8-17-12/h7-8H,3-6,14H2,1-2H3,(H,15,18)(H,16,17). The van der Waals surface area contributed by atoms with Crippen molar-refractivity contribution in [3.63, 3.8) is 0 Å². The Labute approximate surface area is 117 Å². The quantitative estimate of drug-likeness (QED) is 0.637. The second kappa shape index (κ2) is 7.98. The van der Waals surface area contributed by atoms with E-state index in [-0.39, 0.29) is 11.5 Å². The molecule has 4 N–H and O–H groups in total. The van der Waals surface area contributed by atoms with Crippen LogP contribution in [0.1, 0.15) is 30.1 Å². The van der Waals surface area contributed by atoms with Crippen molar-refractivity contribution in [3.8, 4) is 0 Å². The first-order chi connectivity index (χ1) is 9.58. The number of amides is 1. The Kier molecular flexibility index (Phi) is 6.28. The second-order valence-corrected chi connectivity index (χ2v) is 4.18. The number of anilines is 2. The predicted molar refractivity (Wildman–Crippen MR) is 76.4 cm³/mol. The number of nitrogens with one attached hydrogen (secondary N) is 2. The summed E-state index contributed by atoms with van der Waals surface area (Å²) in [6, 6.07) is 1.48. The summed E-state index contributed by atoms with van der Waals surface area (Å²) >= 11 is 0. The minimum atomic E-state index is -0.525. The van der Waals surface area contributed by atoms with E-state index in [0.29, 0.717) is 31.0 Å². The van der Waals surface area contributed by atoms with Gasteiger partial charge >= 0.3 is 5.97 Å². The molecule has 0 aliphatic heterocycles. The highest BCUT2D eigenvalue weighted by atomic mass is 16.5. The van der Waals surface area contributed by atoms with Gasteiger partial charge in [-0.05, 0) is 12.5 Å². The molecule has 0 atom stereocenters. The molecule has 0 unspecified atom stereocenters. The number of pyridine rings is 1. The average molecular weight is 280 g/mol. The third-order valence-electron chi connectivity index (χ3n) is 2.53. The van der Waals surface area contributed by atoms with Gasteiger partial charge in [-0.1, -0.05) is 6.92 Å². The smallest absolute Gasteiger partial charge is 0.341 e. The van der Waals surface area contributed by atoms with E-state index in [4.69, 9.17) is 5.73 Å². The number of rotatable bonds is 7. The van der Waals surface area contributed by atoms with Crippen LogP contribution in [0.2, 0.25) is 0 Å². The van der Waals surface area contributed by atoms with E-state index < -0.39 is 5.97 Å². The topological polar surface area (TPSA) is 106 Å². The monoisotopic (exact) mass is 280 g/mol. The zero-order chi connectivity index (χ0) is 15.0. The molecule has 0 aliphatic rings. The van der Waals surface area contributed by atoms with E-state index in [1.807, 2.05) is 6.92 Å². The number of aromatic nitrogens is 1. The number of nitrogens with zero attached hydrogens (tertiary/aromatic N) is 1. The molecule has 7 nitrogen and oxygen atoms in total. The summed E-state index contributed by atoms with van der Waals surface area (Å²) in [7, 11) is 1.29. The SMILES string of the molecule is CCCNC(=O)CCNc1ncc(N)cc1C(=O)OC. The highest BCUT2D eigenvalue weighted by Gasteiger charge is 2.13. The fourth-order valence-corrected chi connectivity index (χ4v) is 1.53. The van der Waals surface area contributed by atoms with Crippen LogP contribution in [0.25, 0.3) is 0 Å². The third kappa shape index (κ3) is 4.75. The lowest BCUT2D eigenvalue weighted by atomic mass is 10.2. The molecule has 0 saturated carbocycles. The number of carbonyl (C=O) groups excluding carboxylic acids is 2. The Hall–Kier alpha value is -2.31. The zero-order valence-electron chi connectivity index (χ0n) is 11.7. The van der Waals surface area contributed by atoms with Crippen LogP contribution in [-0.4, -0.2) is 37.1 Å². The normalized spacial score (nSPS) is 9.90. The van der Waals surface area contributed by atoms with Crippen molar-refractivity contribution < 1.29 is 14.3 Å². The van der Waals surface area contributed by atoms with Crippen molar-refractivity contribution in [2.45, 2.75) is 19.8 Å². The summed E-state index contributed by atoms with van der Waals surface area (Å²) in [5.41, 5.74) is 6.21. The predicted octanol–water partition coefficient (Wildman–Crippen LogP) is 0.779. The van der Waals surface area contributed by atoms with Gasteiger partial charge in [0.15, 0.2) is 0 Å². The van der Waals surface area contributed by atoms with Gasteiger partial charge in [-0.15, -0.1) is 0 Å². The fourth-order valence-electron chi connectivity index (χ4n) is 1.53. The third-order valence-corrected chi connectivity index (χ3v) is 2.53. The van der Waals surface area contributed by atoms with E-state index in [0.717, 1.165) is 6.42 Å². The van der Waals surface area contributed by atoms with Gasteiger partial charge in [0.2, 0.25) is 5.91 Å². The summed E-state index contributed by atoms with van der Waals surface area (Å²) < 4.78 is 4.66. The van der Waals surface area contributed by atoms with Gasteiger partial charge in [0, 0.05) is 19.5 Å². The Morgan fingerprint density at radius 3 is 2.80 bits per heavy atom. The van der Waals surface area contributed by atoms with Crippen LogP contribution in [0.15, 0.2) is 12.3 Å². The Morgan fingerprint density at radius 2 is 2.15 bits per heavy atom. The first kappa shape index (κ1) is 15.7. The molecule has 1 aromatic rings. The molecule has 0 aliphatic carbocycles. The summed E-state index contributed by atoms with van der Waals surface area (Å²) in [6.07, 6.45) is 2.63. The highest BCUT2D eigenvalue weighted by molar-refractivity contribution is 5.95. The number of ether oxygens (including phenoxy) is 1. The molecule has 0 bridgehead atoms. The molecule has 0 spiro atoms. The van der Waals surface area contributed by atoms with Crippen molar-refractivity contribution in [1.82, 2.24) is 10.3 Å². The van der Waals surface area contributed by atoms with Gasteiger partial charge in [-0.2, -0.15) is 0 Å². The number of nitrogen functional groups attached to an aromatic ring is 1. The van der Waals surface area contributed by atoms with E-state index in [2.05, 4.69) is 20.4 Å². The second-order valence-electron chi connectivity index (χ2n) is 4.18. The maximum atomic E-state index is 11.6. The number of esters is 1. The minimum Gasteiger partial charge on any atom is -0.465 e. The van der Waals surface area contributed by atoms with Crippen LogP contribution in [0.5, 0.6) is 0 Å². The van der Waals surface area contributed by atoms with Gasteiger partial charge in [0.05, 0.1) is 19.0 Å². The van der Waals surface area contributed by atoms with Gasteiger partial charge < -0.3 is 21.1 Å². The Balaban J connectivity index is 2.59. The summed E-state index contributed by atoms with van der Waals surface area (Å²) in [5, 5.41) is 5.70. The van der Waals surface area contributed by atoms with Gasteiger partial charge in [-0.25, -0.2) is 9.78 Å². The molecule has 0 aromatic carbocycles. The molecule has 0 radical (unpaired) electrons. The Morgan fingerprint density at radius 1 is 1.40 bits per heavy atom. The molecule has 1 rings (SSSR count). The van der Waals surface area contributed by atoms with E-state index in [1.165, 1.54) is 19.4 Å². The summed E-state index contributed by atoms with van der Waals surface area (Å²) in [5.74, 6) is -0.216. The molecule has 20 heavy (non-hydrogen) atoms. The molecule has 1 aromatic heterocycles. The highest BCUT2D eigenvalue weighted by Crippen LogP contribution is 2.16. The maximum Gasteiger partial charge on any atom is 0.341 e. The fraction of sp³-hybridized carbons (Fsp3) is 0.462. The number of hydrogen-bond acceptors (Lipinski definition) is 6. The van der Waals surface area contributed by atoms with Crippen LogP contribution in [-0.2, 0) is 9.53 Å². The largest absolute Gasteiger partial charge is 0.465 e. The molecular formula is C13H20N4O3. The lowest BCUT2D eigenvalue weighted by molar-refractivity contribution is -0.120. The van der Waals surface area contributed by atoms with Crippen molar-refractivity contribution in [3.05, 3.63) is 17.8 Å². The summed E-state index contributed by atoms with van der Waals surface area (Å²) in [4.78, 5) is 27.1. The van der Waals surface area contributed by atoms with Crippen molar-refractivity contribution in [2.75, 3.05) is 31.2 Å². The van der Waals surface area contributed by atoms with Crippen LogP contribution < -0.4 is 16.4 Å². The molecule has 1 amide bonds. The molecule has 0 fully saturated rings. The lowest BCUT2D eigenvalue weighted by Gasteiger charge is -2.10. The molecule has 1 heterocycles. The molecular weight excluding hydrogens is 260 g/mol. The van der Waals surface area contributed by atoms with Crippen molar-refractivity contribution in [2.24, 2.45) is 0 Å². The van der Waals surface area contributed by atoms with Crippen LogP contribution in [0, 0.1) is 0 Å². The molecule has 110 valence electrons. The number of carbonyl (C=O) groups is 2. The zero-order valence-corrected chi connectivity index (χ0v) is 11.7. The van der Waals surface area contributed by atoms with Crippen LogP contribution >= 0.6 is 0 Å².